The molecule has 0 spiro atoms. The van der Waals surface area contributed by atoms with Gasteiger partial charge in [0.25, 0.3) is 5.56 Å². The fraction of sp³-hybridized carbons (Fsp3) is 0.591. The molecule has 5 atom stereocenters. The molecule has 1 rings (SSSR count). The summed E-state index contributed by atoms with van der Waals surface area (Å²) in [4.78, 5) is 86.0. The van der Waals surface area contributed by atoms with Gasteiger partial charge in [0.05, 0.1) is 0 Å². The van der Waals surface area contributed by atoms with Crippen molar-refractivity contribution < 1.29 is 52.4 Å². The Labute approximate surface area is 210 Å². The van der Waals surface area contributed by atoms with E-state index in [0.29, 0.717) is 0 Å². The first kappa shape index (κ1) is 31.0. The standard InChI is InChI=1S/C22H30N2O13/c1-10-8-24(22(31)23-20(10)30)21(32-7)19(37-15(6)29)18(36-14(5)28)17(35-13(4)27)16(34-12(3)26)9-33-11(2)25/h8,16-19,21H,9H2,1-7H3,(H,23,30,31)/t16-,17-,18-,19+,21+/m1/s1. The molecule has 0 bridgehead atoms. The molecule has 0 saturated heterocycles. The van der Waals surface area contributed by atoms with Crippen molar-refractivity contribution in [2.45, 2.75) is 72.2 Å². The number of nitrogens with one attached hydrogen (secondary N) is 1. The highest BCUT2D eigenvalue weighted by Gasteiger charge is 2.48. The quantitative estimate of drug-likeness (QED) is 0.263. The van der Waals surface area contributed by atoms with Crippen LogP contribution in [0.2, 0.25) is 0 Å². The van der Waals surface area contributed by atoms with E-state index in [9.17, 15) is 33.6 Å². The normalized spacial score (nSPS) is 14.8. The van der Waals surface area contributed by atoms with Gasteiger partial charge in [-0.15, -0.1) is 0 Å². The van der Waals surface area contributed by atoms with Gasteiger partial charge in [-0.1, -0.05) is 0 Å². The lowest BCUT2D eigenvalue weighted by Crippen LogP contribution is -2.56. The summed E-state index contributed by atoms with van der Waals surface area (Å²) >= 11 is 0. The third-order valence-corrected chi connectivity index (χ3v) is 4.63. The molecular formula is C22H30N2O13. The number of carbonyl (C=O) groups excluding carboxylic acids is 5. The van der Waals surface area contributed by atoms with Crippen LogP contribution in [0.25, 0.3) is 0 Å². The Morgan fingerprint density at radius 1 is 0.784 bits per heavy atom. The Kier molecular flexibility index (Phi) is 11.7. The number of esters is 5. The van der Waals surface area contributed by atoms with Gasteiger partial charge in [0.1, 0.15) is 6.61 Å². The third-order valence-electron chi connectivity index (χ3n) is 4.63. The Hall–Kier alpha value is -4.01. The average Bonchev–Trinajstić information content (AvgIpc) is 2.76. The summed E-state index contributed by atoms with van der Waals surface area (Å²) in [5, 5.41) is 0. The lowest BCUT2D eigenvalue weighted by Gasteiger charge is -2.38. The number of methoxy groups -OCH3 is 1. The van der Waals surface area contributed by atoms with Crippen molar-refractivity contribution in [3.05, 3.63) is 32.6 Å². The zero-order valence-electron chi connectivity index (χ0n) is 21.4. The van der Waals surface area contributed by atoms with Crippen LogP contribution in [-0.2, 0) is 52.4 Å². The van der Waals surface area contributed by atoms with Crippen molar-refractivity contribution in [3.63, 3.8) is 0 Å². The second-order valence-electron chi connectivity index (χ2n) is 7.78. The van der Waals surface area contributed by atoms with Crippen LogP contribution in [0.4, 0.5) is 0 Å². The molecule has 15 heteroatoms. The number of carbonyl (C=O) groups is 5. The maximum Gasteiger partial charge on any atom is 0.330 e. The number of H-pyrrole nitrogens is 1. The van der Waals surface area contributed by atoms with Gasteiger partial charge < -0.3 is 28.4 Å². The minimum atomic E-state index is -1.78. The van der Waals surface area contributed by atoms with Crippen molar-refractivity contribution in [2.24, 2.45) is 0 Å². The predicted octanol–water partition coefficient (Wildman–Crippen LogP) is -0.720. The number of aromatic amines is 1. The number of aromatic nitrogens is 2. The molecule has 37 heavy (non-hydrogen) atoms. The number of hydrogen-bond donors (Lipinski definition) is 1. The highest BCUT2D eigenvalue weighted by Crippen LogP contribution is 2.27. The van der Waals surface area contributed by atoms with Gasteiger partial charge in [-0.2, -0.15) is 0 Å². The SMILES string of the molecule is CO[C@@H]([C@@H](OC(C)=O)[C@H](OC(C)=O)[C@H](OC(C)=O)[C@@H](COC(C)=O)OC(C)=O)n1cc(C)c(=O)[nH]c1=O. The summed E-state index contributed by atoms with van der Waals surface area (Å²) in [5.41, 5.74) is -1.58. The van der Waals surface area contributed by atoms with E-state index in [1.807, 2.05) is 0 Å². The molecule has 0 unspecified atom stereocenters. The summed E-state index contributed by atoms with van der Waals surface area (Å²) < 4.78 is 32.4. The minimum absolute atomic E-state index is 0.0800. The second-order valence-corrected chi connectivity index (χ2v) is 7.78. The van der Waals surface area contributed by atoms with Gasteiger partial charge in [-0.3, -0.25) is 38.3 Å². The van der Waals surface area contributed by atoms with Gasteiger partial charge in [0.2, 0.25) is 0 Å². The van der Waals surface area contributed by atoms with Crippen LogP contribution in [-0.4, -0.2) is 77.5 Å². The van der Waals surface area contributed by atoms with Crippen molar-refractivity contribution in [1.29, 1.82) is 0 Å². The molecule has 0 amide bonds. The maximum atomic E-state index is 12.6. The van der Waals surface area contributed by atoms with Crippen LogP contribution >= 0.6 is 0 Å². The first-order chi connectivity index (χ1) is 17.2. The van der Waals surface area contributed by atoms with E-state index < -0.39 is 78.3 Å². The van der Waals surface area contributed by atoms with Crippen molar-refractivity contribution in [2.75, 3.05) is 13.7 Å². The molecule has 0 aliphatic heterocycles. The van der Waals surface area contributed by atoms with Gasteiger partial charge in [-0.25, -0.2) is 4.79 Å². The zero-order chi connectivity index (χ0) is 28.4. The number of aryl methyl sites for hydroxylation is 1. The summed E-state index contributed by atoms with van der Waals surface area (Å²) in [6.07, 6.45) is -7.25. The lowest BCUT2D eigenvalue weighted by atomic mass is 10.0. The summed E-state index contributed by atoms with van der Waals surface area (Å²) in [6, 6.07) is 0. The fourth-order valence-electron chi connectivity index (χ4n) is 3.33. The highest BCUT2D eigenvalue weighted by molar-refractivity contribution is 5.69. The van der Waals surface area contributed by atoms with Gasteiger partial charge >= 0.3 is 35.5 Å². The van der Waals surface area contributed by atoms with Gasteiger partial charge in [0, 0.05) is 53.5 Å². The zero-order valence-corrected chi connectivity index (χ0v) is 21.4. The van der Waals surface area contributed by atoms with E-state index in [0.717, 1.165) is 52.5 Å². The highest BCUT2D eigenvalue weighted by atomic mass is 16.6. The Balaban J connectivity index is 3.84. The average molecular weight is 530 g/mol. The number of hydrogen-bond acceptors (Lipinski definition) is 13. The van der Waals surface area contributed by atoms with Crippen LogP contribution < -0.4 is 11.2 Å². The molecule has 15 nitrogen and oxygen atoms in total. The minimum Gasteiger partial charge on any atom is -0.462 e. The second kappa shape index (κ2) is 13.9. The molecule has 1 N–H and O–H groups in total. The smallest absolute Gasteiger partial charge is 0.330 e. The molecule has 0 aliphatic carbocycles. The first-order valence-corrected chi connectivity index (χ1v) is 10.8. The molecule has 1 aromatic heterocycles. The van der Waals surface area contributed by atoms with Gasteiger partial charge in [0.15, 0.2) is 30.6 Å². The molecule has 1 aromatic rings. The molecule has 0 saturated carbocycles. The Bertz CT molecular complexity index is 1120. The van der Waals surface area contributed by atoms with Crippen LogP contribution in [0, 0.1) is 6.92 Å². The third kappa shape index (κ3) is 9.51. The first-order valence-electron chi connectivity index (χ1n) is 10.8. The molecular weight excluding hydrogens is 500 g/mol. The molecule has 0 radical (unpaired) electrons. The predicted molar refractivity (Wildman–Crippen MR) is 121 cm³/mol. The molecule has 0 fully saturated rings. The monoisotopic (exact) mass is 530 g/mol. The van der Waals surface area contributed by atoms with Crippen molar-refractivity contribution in [3.8, 4) is 0 Å². The summed E-state index contributed by atoms with van der Waals surface area (Å²) in [7, 11) is 1.13. The van der Waals surface area contributed by atoms with Crippen LogP contribution in [0.1, 0.15) is 46.4 Å². The van der Waals surface area contributed by atoms with Crippen LogP contribution in [0.15, 0.2) is 15.8 Å². The number of nitrogens with zero attached hydrogens (tertiary/aromatic N) is 1. The van der Waals surface area contributed by atoms with E-state index in [-0.39, 0.29) is 5.56 Å². The van der Waals surface area contributed by atoms with Crippen molar-refractivity contribution >= 4 is 29.8 Å². The van der Waals surface area contributed by atoms with E-state index in [2.05, 4.69) is 4.98 Å². The Morgan fingerprint density at radius 3 is 1.73 bits per heavy atom. The largest absolute Gasteiger partial charge is 0.462 e. The maximum absolute atomic E-state index is 12.6. The number of rotatable bonds is 12. The molecule has 0 aromatic carbocycles. The van der Waals surface area contributed by atoms with Crippen molar-refractivity contribution in [1.82, 2.24) is 9.55 Å². The topological polar surface area (TPSA) is 196 Å². The van der Waals surface area contributed by atoms with E-state index in [4.69, 9.17) is 28.4 Å². The van der Waals surface area contributed by atoms with E-state index >= 15 is 0 Å². The fourth-order valence-corrected chi connectivity index (χ4v) is 3.33. The molecule has 0 aliphatic rings. The van der Waals surface area contributed by atoms with E-state index in [1.54, 1.807) is 0 Å². The van der Waals surface area contributed by atoms with E-state index in [1.165, 1.54) is 6.92 Å². The summed E-state index contributed by atoms with van der Waals surface area (Å²) in [5.74, 6) is -4.47. The molecule has 1 heterocycles. The number of ether oxygens (including phenoxy) is 6. The Morgan fingerprint density at radius 2 is 1.27 bits per heavy atom. The molecule has 206 valence electrons. The van der Waals surface area contributed by atoms with Crippen LogP contribution in [0.5, 0.6) is 0 Å². The van der Waals surface area contributed by atoms with Gasteiger partial charge in [-0.05, 0) is 6.92 Å². The van der Waals surface area contributed by atoms with Crippen LogP contribution in [0.3, 0.4) is 0 Å². The summed E-state index contributed by atoms with van der Waals surface area (Å²) in [6.45, 7) is 5.84. The lowest BCUT2D eigenvalue weighted by molar-refractivity contribution is -0.217.